The fourth-order valence-electron chi connectivity index (χ4n) is 2.10. The van der Waals surface area contributed by atoms with Crippen LogP contribution < -0.4 is 5.32 Å². The minimum atomic E-state index is -1.12. The Hall–Kier alpha value is -1.10. The lowest BCUT2D eigenvalue weighted by atomic mass is 10.0. The SMILES string of the molecule is CC1OCCC1CNC(=O)C1(C(=O)O)CC1. The van der Waals surface area contributed by atoms with Crippen molar-refractivity contribution < 1.29 is 19.4 Å². The summed E-state index contributed by atoms with van der Waals surface area (Å²) in [6, 6.07) is 0. The highest BCUT2D eigenvalue weighted by Crippen LogP contribution is 2.46. The largest absolute Gasteiger partial charge is 0.480 e. The van der Waals surface area contributed by atoms with Gasteiger partial charge in [0.2, 0.25) is 5.91 Å². The molecule has 2 aliphatic rings. The third-order valence-electron chi connectivity index (χ3n) is 3.65. The van der Waals surface area contributed by atoms with Crippen LogP contribution in [0.2, 0.25) is 0 Å². The number of carbonyl (C=O) groups excluding carboxylic acids is 1. The molecule has 1 amide bonds. The highest BCUT2D eigenvalue weighted by Gasteiger charge is 2.57. The second kappa shape index (κ2) is 4.05. The number of amides is 1. The quantitative estimate of drug-likeness (QED) is 0.681. The lowest BCUT2D eigenvalue weighted by molar-refractivity contribution is -0.149. The van der Waals surface area contributed by atoms with E-state index < -0.39 is 11.4 Å². The van der Waals surface area contributed by atoms with Gasteiger partial charge in [-0.25, -0.2) is 0 Å². The molecule has 1 aliphatic carbocycles. The smallest absolute Gasteiger partial charge is 0.319 e. The van der Waals surface area contributed by atoms with E-state index in [0.29, 0.717) is 25.3 Å². The second-order valence-corrected chi connectivity index (χ2v) is 4.72. The number of hydrogen-bond donors (Lipinski definition) is 2. The molecule has 2 atom stereocenters. The van der Waals surface area contributed by atoms with Gasteiger partial charge in [0.15, 0.2) is 0 Å². The number of carboxylic acid groups (broad SMARTS) is 1. The van der Waals surface area contributed by atoms with Gasteiger partial charge in [-0.2, -0.15) is 0 Å². The van der Waals surface area contributed by atoms with E-state index in [4.69, 9.17) is 9.84 Å². The zero-order valence-electron chi connectivity index (χ0n) is 9.36. The zero-order chi connectivity index (χ0) is 11.8. The van der Waals surface area contributed by atoms with E-state index in [9.17, 15) is 9.59 Å². The Morgan fingerprint density at radius 1 is 1.50 bits per heavy atom. The van der Waals surface area contributed by atoms with Gasteiger partial charge in [0.1, 0.15) is 5.41 Å². The van der Waals surface area contributed by atoms with Crippen LogP contribution in [-0.2, 0) is 14.3 Å². The van der Waals surface area contributed by atoms with E-state index in [2.05, 4.69) is 5.32 Å². The van der Waals surface area contributed by atoms with Crippen molar-refractivity contribution in [2.24, 2.45) is 11.3 Å². The molecule has 1 saturated carbocycles. The average molecular weight is 227 g/mol. The first kappa shape index (κ1) is 11.4. The second-order valence-electron chi connectivity index (χ2n) is 4.72. The highest BCUT2D eigenvalue weighted by atomic mass is 16.5. The Morgan fingerprint density at radius 2 is 2.19 bits per heavy atom. The molecule has 0 spiro atoms. The highest BCUT2D eigenvalue weighted by molar-refractivity contribution is 6.04. The van der Waals surface area contributed by atoms with Crippen LogP contribution in [0.3, 0.4) is 0 Å². The van der Waals surface area contributed by atoms with Crippen LogP contribution in [0.25, 0.3) is 0 Å². The summed E-state index contributed by atoms with van der Waals surface area (Å²) in [6.45, 7) is 3.23. The number of aliphatic carboxylic acids is 1. The predicted molar refractivity (Wildman–Crippen MR) is 55.8 cm³/mol. The van der Waals surface area contributed by atoms with Crippen molar-refractivity contribution >= 4 is 11.9 Å². The first-order valence-electron chi connectivity index (χ1n) is 5.69. The molecule has 0 aromatic heterocycles. The average Bonchev–Trinajstić information content (AvgIpc) is 2.95. The summed E-state index contributed by atoms with van der Waals surface area (Å²) < 4.78 is 5.38. The molecule has 1 heterocycles. The Bertz CT molecular complexity index is 311. The van der Waals surface area contributed by atoms with Crippen molar-refractivity contribution in [3.8, 4) is 0 Å². The molecule has 2 N–H and O–H groups in total. The van der Waals surface area contributed by atoms with Gasteiger partial charge in [-0.05, 0) is 26.2 Å². The molecule has 1 saturated heterocycles. The molecule has 0 bridgehead atoms. The van der Waals surface area contributed by atoms with Crippen molar-refractivity contribution in [1.29, 1.82) is 0 Å². The number of ether oxygens (including phenoxy) is 1. The Kier molecular flexibility index (Phi) is 2.88. The van der Waals surface area contributed by atoms with Crippen LogP contribution in [-0.4, -0.2) is 36.2 Å². The summed E-state index contributed by atoms with van der Waals surface area (Å²) in [5.74, 6) is -1.02. The Balaban J connectivity index is 1.82. The molecule has 1 aliphatic heterocycles. The minimum absolute atomic E-state index is 0.153. The molecule has 5 heteroatoms. The van der Waals surface area contributed by atoms with Gasteiger partial charge < -0.3 is 15.2 Å². The fraction of sp³-hybridized carbons (Fsp3) is 0.818. The van der Waals surface area contributed by atoms with Crippen LogP contribution in [0.1, 0.15) is 26.2 Å². The van der Waals surface area contributed by atoms with E-state index in [1.807, 2.05) is 6.92 Å². The maximum Gasteiger partial charge on any atom is 0.319 e. The molecule has 90 valence electrons. The molecule has 2 fully saturated rings. The maximum atomic E-state index is 11.7. The van der Waals surface area contributed by atoms with E-state index in [1.165, 1.54) is 0 Å². The van der Waals surface area contributed by atoms with E-state index in [0.717, 1.165) is 13.0 Å². The van der Waals surface area contributed by atoms with Crippen molar-refractivity contribution in [3.63, 3.8) is 0 Å². The van der Waals surface area contributed by atoms with E-state index >= 15 is 0 Å². The first-order chi connectivity index (χ1) is 7.56. The van der Waals surface area contributed by atoms with Crippen LogP contribution in [0, 0.1) is 11.3 Å². The topological polar surface area (TPSA) is 75.6 Å². The molecule has 2 unspecified atom stereocenters. The lowest BCUT2D eigenvalue weighted by Crippen LogP contribution is -2.40. The van der Waals surface area contributed by atoms with Gasteiger partial charge in [0.05, 0.1) is 6.10 Å². The van der Waals surface area contributed by atoms with Crippen LogP contribution >= 0.6 is 0 Å². The summed E-state index contributed by atoms with van der Waals surface area (Å²) in [6.07, 6.45) is 2.01. The summed E-state index contributed by atoms with van der Waals surface area (Å²) in [4.78, 5) is 22.6. The van der Waals surface area contributed by atoms with Gasteiger partial charge in [0, 0.05) is 19.1 Å². The molecule has 0 radical (unpaired) electrons. The van der Waals surface area contributed by atoms with E-state index in [1.54, 1.807) is 0 Å². The fourth-order valence-corrected chi connectivity index (χ4v) is 2.10. The van der Waals surface area contributed by atoms with Crippen molar-refractivity contribution in [2.45, 2.75) is 32.3 Å². The van der Waals surface area contributed by atoms with Gasteiger partial charge >= 0.3 is 5.97 Å². The zero-order valence-corrected chi connectivity index (χ0v) is 9.36. The molecule has 5 nitrogen and oxygen atoms in total. The third kappa shape index (κ3) is 1.91. The molecule has 0 aromatic rings. The van der Waals surface area contributed by atoms with E-state index in [-0.39, 0.29) is 12.0 Å². The van der Waals surface area contributed by atoms with Crippen LogP contribution in [0.4, 0.5) is 0 Å². The normalized spacial score (nSPS) is 31.1. The van der Waals surface area contributed by atoms with Gasteiger partial charge in [-0.1, -0.05) is 0 Å². The number of hydrogen-bond acceptors (Lipinski definition) is 3. The monoisotopic (exact) mass is 227 g/mol. The Labute approximate surface area is 94.2 Å². The molecular weight excluding hydrogens is 210 g/mol. The summed E-state index contributed by atoms with van der Waals surface area (Å²) >= 11 is 0. The maximum absolute atomic E-state index is 11.7. The number of nitrogens with one attached hydrogen (secondary N) is 1. The lowest BCUT2D eigenvalue weighted by Gasteiger charge is -2.16. The van der Waals surface area contributed by atoms with Crippen molar-refractivity contribution in [3.05, 3.63) is 0 Å². The minimum Gasteiger partial charge on any atom is -0.480 e. The number of carboxylic acids is 1. The number of carbonyl (C=O) groups is 2. The standard InChI is InChI=1S/C11H17NO4/c1-7-8(2-5-16-7)6-12-9(13)11(3-4-11)10(14)15/h7-8H,2-6H2,1H3,(H,12,13)(H,14,15). The summed E-state index contributed by atoms with van der Waals surface area (Å²) in [7, 11) is 0. The van der Waals surface area contributed by atoms with Gasteiger partial charge in [0.25, 0.3) is 0 Å². The molecule has 2 rings (SSSR count). The van der Waals surface area contributed by atoms with Gasteiger partial charge in [-0.15, -0.1) is 0 Å². The van der Waals surface area contributed by atoms with Crippen molar-refractivity contribution in [1.82, 2.24) is 5.32 Å². The summed E-state index contributed by atoms with van der Waals surface area (Å²) in [5.41, 5.74) is -1.12. The Morgan fingerprint density at radius 3 is 2.62 bits per heavy atom. The van der Waals surface area contributed by atoms with Crippen LogP contribution in [0.5, 0.6) is 0 Å². The first-order valence-corrected chi connectivity index (χ1v) is 5.69. The third-order valence-corrected chi connectivity index (χ3v) is 3.65. The summed E-state index contributed by atoms with van der Waals surface area (Å²) in [5, 5.41) is 11.7. The van der Waals surface area contributed by atoms with Crippen LogP contribution in [0.15, 0.2) is 0 Å². The van der Waals surface area contributed by atoms with Crippen molar-refractivity contribution in [2.75, 3.05) is 13.2 Å². The molecule has 0 aromatic carbocycles. The van der Waals surface area contributed by atoms with Gasteiger partial charge in [-0.3, -0.25) is 9.59 Å². The molecular formula is C11H17NO4. The predicted octanol–water partition coefficient (Wildman–Crippen LogP) is 0.392. The number of rotatable bonds is 4. The molecule has 16 heavy (non-hydrogen) atoms.